The Labute approximate surface area is 114 Å². The summed E-state index contributed by atoms with van der Waals surface area (Å²) in [6.07, 6.45) is 4.60. The number of imidazole rings is 1. The second-order valence-corrected chi connectivity index (χ2v) is 11.4. The fraction of sp³-hybridized carbons (Fsp3) is 0.538. The first-order valence-corrected chi connectivity index (χ1v) is 10.00. The van der Waals surface area contributed by atoms with Gasteiger partial charge in [-0.1, -0.05) is 19.6 Å². The summed E-state index contributed by atoms with van der Waals surface area (Å²) in [6.45, 7) is 9.88. The Bertz CT molecular complexity index is 461. The number of ether oxygens (including phenoxy) is 1. The molecule has 0 aliphatic carbocycles. The van der Waals surface area contributed by atoms with Gasteiger partial charge in [0, 0.05) is 27.0 Å². The van der Waals surface area contributed by atoms with Crippen molar-refractivity contribution in [3.8, 4) is 0 Å². The Balaban J connectivity index is 2.45. The van der Waals surface area contributed by atoms with Crippen molar-refractivity contribution < 1.29 is 14.6 Å². The van der Waals surface area contributed by atoms with Crippen LogP contribution in [0.25, 0.3) is 5.57 Å². The zero-order chi connectivity index (χ0) is 14.5. The number of rotatable bonds is 7. The molecule has 1 aromatic heterocycles. The van der Waals surface area contributed by atoms with Crippen molar-refractivity contribution in [2.24, 2.45) is 0 Å². The minimum absolute atomic E-state index is 0.456. The number of carboxylic acids is 1. The Morgan fingerprint density at radius 1 is 1.53 bits per heavy atom. The zero-order valence-corrected chi connectivity index (χ0v) is 13.0. The van der Waals surface area contributed by atoms with E-state index in [0.717, 1.165) is 18.7 Å². The van der Waals surface area contributed by atoms with Gasteiger partial charge in [-0.2, -0.15) is 0 Å². The molecule has 19 heavy (non-hydrogen) atoms. The molecule has 0 radical (unpaired) electrons. The molecule has 0 amide bonds. The van der Waals surface area contributed by atoms with Crippen LogP contribution in [0.1, 0.15) is 12.6 Å². The smallest absolute Gasteiger partial charge is 0.328 e. The van der Waals surface area contributed by atoms with Crippen molar-refractivity contribution >= 4 is 19.6 Å². The lowest BCUT2D eigenvalue weighted by Crippen LogP contribution is -2.21. The molecule has 0 saturated heterocycles. The van der Waals surface area contributed by atoms with Gasteiger partial charge >= 0.3 is 5.97 Å². The van der Waals surface area contributed by atoms with Crippen LogP contribution >= 0.6 is 0 Å². The third-order valence-electron chi connectivity index (χ3n) is 2.61. The molecular weight excluding hydrogens is 260 g/mol. The van der Waals surface area contributed by atoms with Gasteiger partial charge < -0.3 is 14.4 Å². The highest BCUT2D eigenvalue weighted by atomic mass is 28.3. The van der Waals surface area contributed by atoms with Crippen LogP contribution in [0.4, 0.5) is 0 Å². The molecule has 0 saturated carbocycles. The molecule has 106 valence electrons. The van der Waals surface area contributed by atoms with E-state index in [2.05, 4.69) is 24.6 Å². The van der Waals surface area contributed by atoms with Gasteiger partial charge in [0.25, 0.3) is 0 Å². The number of aliphatic carboxylic acids is 1. The van der Waals surface area contributed by atoms with Crippen molar-refractivity contribution in [1.29, 1.82) is 0 Å². The Hall–Kier alpha value is -1.40. The summed E-state index contributed by atoms with van der Waals surface area (Å²) in [5, 5.41) is 8.67. The third-order valence-corrected chi connectivity index (χ3v) is 4.32. The van der Waals surface area contributed by atoms with Crippen LogP contribution in [-0.4, -0.2) is 35.3 Å². The summed E-state index contributed by atoms with van der Waals surface area (Å²) in [5.41, 5.74) is 1.30. The van der Waals surface area contributed by atoms with E-state index in [4.69, 9.17) is 9.84 Å². The molecule has 5 nitrogen and oxygen atoms in total. The first kappa shape index (κ1) is 15.7. The lowest BCUT2D eigenvalue weighted by Gasteiger charge is -2.15. The van der Waals surface area contributed by atoms with Gasteiger partial charge in [-0.3, -0.25) is 0 Å². The molecule has 0 fully saturated rings. The lowest BCUT2D eigenvalue weighted by molar-refractivity contribution is -0.131. The number of hydrogen-bond donors (Lipinski definition) is 1. The number of allylic oxidation sites excluding steroid dienone is 1. The normalized spacial score (nSPS) is 12.7. The third kappa shape index (κ3) is 6.35. The molecule has 0 aliphatic heterocycles. The molecule has 6 heteroatoms. The van der Waals surface area contributed by atoms with E-state index in [0.29, 0.717) is 18.0 Å². The van der Waals surface area contributed by atoms with Crippen LogP contribution in [0.3, 0.4) is 0 Å². The number of hydrogen-bond acceptors (Lipinski definition) is 3. The van der Waals surface area contributed by atoms with E-state index in [1.54, 1.807) is 19.4 Å². The fourth-order valence-electron chi connectivity index (χ4n) is 1.44. The molecule has 1 rings (SSSR count). The number of carboxylic acid groups (broad SMARTS) is 1. The molecule has 0 unspecified atom stereocenters. The Morgan fingerprint density at radius 2 is 2.21 bits per heavy atom. The average Bonchev–Trinajstić information content (AvgIpc) is 2.71. The highest BCUT2D eigenvalue weighted by molar-refractivity contribution is 6.76. The maximum Gasteiger partial charge on any atom is 0.328 e. The number of carbonyl (C=O) groups is 1. The largest absolute Gasteiger partial charge is 0.478 e. The van der Waals surface area contributed by atoms with Gasteiger partial charge in [-0.15, -0.1) is 0 Å². The monoisotopic (exact) mass is 282 g/mol. The summed E-state index contributed by atoms with van der Waals surface area (Å²) >= 11 is 0. The number of nitrogens with zero attached hydrogens (tertiary/aromatic N) is 2. The zero-order valence-electron chi connectivity index (χ0n) is 12.0. The van der Waals surface area contributed by atoms with Crippen LogP contribution in [0.2, 0.25) is 25.7 Å². The van der Waals surface area contributed by atoms with Crippen molar-refractivity contribution in [3.63, 3.8) is 0 Å². The van der Waals surface area contributed by atoms with E-state index in [9.17, 15) is 4.79 Å². The van der Waals surface area contributed by atoms with E-state index < -0.39 is 14.0 Å². The lowest BCUT2D eigenvalue weighted by atomic mass is 10.2. The van der Waals surface area contributed by atoms with Crippen molar-refractivity contribution in [2.75, 3.05) is 6.61 Å². The van der Waals surface area contributed by atoms with E-state index >= 15 is 0 Å². The van der Waals surface area contributed by atoms with Crippen LogP contribution in [0.15, 0.2) is 18.6 Å². The van der Waals surface area contributed by atoms with Gasteiger partial charge in [0.1, 0.15) is 6.73 Å². The maximum absolute atomic E-state index is 10.6. The van der Waals surface area contributed by atoms with Gasteiger partial charge in [0.05, 0.1) is 12.0 Å². The Kier molecular flexibility index (Phi) is 5.50. The summed E-state index contributed by atoms with van der Waals surface area (Å²) in [6, 6.07) is 1.13. The molecule has 1 N–H and O–H groups in total. The fourth-order valence-corrected chi connectivity index (χ4v) is 2.20. The first-order valence-electron chi connectivity index (χ1n) is 6.29. The first-order chi connectivity index (χ1) is 8.78. The molecule has 1 heterocycles. The second kappa shape index (κ2) is 6.67. The van der Waals surface area contributed by atoms with E-state index in [1.165, 1.54) is 0 Å². The highest BCUT2D eigenvalue weighted by Crippen LogP contribution is 2.11. The van der Waals surface area contributed by atoms with Crippen molar-refractivity contribution in [3.05, 3.63) is 24.3 Å². The topological polar surface area (TPSA) is 64.3 Å². The quantitative estimate of drug-likeness (QED) is 0.474. The van der Waals surface area contributed by atoms with E-state index in [-0.39, 0.29) is 0 Å². The van der Waals surface area contributed by atoms with E-state index in [1.807, 2.05) is 4.57 Å². The standard InChI is InChI=1S/C13H22N2O3Si/c1-11(7-13(16)17)12-8-15(9-14-12)10-18-5-6-19(2,3)4/h7-9H,5-6,10H2,1-4H3,(H,16,17)/b11-7+. The van der Waals surface area contributed by atoms with Gasteiger partial charge in [-0.05, 0) is 18.5 Å². The van der Waals surface area contributed by atoms with Gasteiger partial charge in [-0.25, -0.2) is 9.78 Å². The molecule has 0 spiro atoms. The number of aromatic nitrogens is 2. The minimum atomic E-state index is -1.05. The van der Waals surface area contributed by atoms with Crippen LogP contribution < -0.4 is 0 Å². The summed E-state index contributed by atoms with van der Waals surface area (Å²) in [4.78, 5) is 14.7. The molecule has 0 aliphatic rings. The van der Waals surface area contributed by atoms with Crippen LogP contribution in [-0.2, 0) is 16.3 Å². The molecule has 0 aromatic carbocycles. The van der Waals surface area contributed by atoms with Crippen molar-refractivity contribution in [2.45, 2.75) is 39.3 Å². The van der Waals surface area contributed by atoms with Crippen LogP contribution in [0.5, 0.6) is 0 Å². The highest BCUT2D eigenvalue weighted by Gasteiger charge is 2.12. The van der Waals surface area contributed by atoms with Crippen molar-refractivity contribution in [1.82, 2.24) is 9.55 Å². The molecule has 0 atom stereocenters. The predicted octanol–water partition coefficient (Wildman–Crippen LogP) is 2.68. The Morgan fingerprint density at radius 3 is 2.79 bits per heavy atom. The average molecular weight is 282 g/mol. The van der Waals surface area contributed by atoms with Gasteiger partial charge in [0.2, 0.25) is 0 Å². The second-order valence-electron chi connectivity index (χ2n) is 5.79. The predicted molar refractivity (Wildman–Crippen MR) is 77.6 cm³/mol. The maximum atomic E-state index is 10.6. The molecule has 0 bridgehead atoms. The molecule has 1 aromatic rings. The summed E-state index contributed by atoms with van der Waals surface area (Å²) in [7, 11) is -1.05. The molecular formula is C13H22N2O3Si. The minimum Gasteiger partial charge on any atom is -0.478 e. The summed E-state index contributed by atoms with van der Waals surface area (Å²) in [5.74, 6) is -0.960. The summed E-state index contributed by atoms with van der Waals surface area (Å²) < 4.78 is 7.41. The van der Waals surface area contributed by atoms with Gasteiger partial charge in [0.15, 0.2) is 0 Å². The SMILES string of the molecule is C/C(=C\C(=O)O)c1cn(COCC[Si](C)(C)C)cn1. The van der Waals surface area contributed by atoms with Crippen LogP contribution in [0, 0.1) is 0 Å².